The van der Waals surface area contributed by atoms with E-state index in [1.165, 1.54) is 4.90 Å². The van der Waals surface area contributed by atoms with Gasteiger partial charge in [0, 0.05) is 13.5 Å². The highest BCUT2D eigenvalue weighted by molar-refractivity contribution is 5.83. The van der Waals surface area contributed by atoms with Crippen molar-refractivity contribution in [3.05, 3.63) is 12.7 Å². The van der Waals surface area contributed by atoms with Crippen LogP contribution in [0.25, 0.3) is 0 Å². The molecule has 1 amide bonds. The largest absolute Gasteiger partial charge is 0.480 e. The second-order valence-electron chi connectivity index (χ2n) is 4.32. The fraction of sp³-hybridized carbons (Fsp3) is 0.667. The number of carbonyl (C=O) groups is 2. The summed E-state index contributed by atoms with van der Waals surface area (Å²) in [6, 6.07) is -0.725. The number of hydrogen-bond acceptors (Lipinski definition) is 2. The van der Waals surface area contributed by atoms with E-state index >= 15 is 0 Å². The molecule has 92 valence electrons. The Labute approximate surface area is 96.9 Å². The predicted molar refractivity (Wildman–Crippen MR) is 63.1 cm³/mol. The van der Waals surface area contributed by atoms with Crippen molar-refractivity contribution in [2.45, 2.75) is 39.2 Å². The van der Waals surface area contributed by atoms with Crippen LogP contribution in [-0.4, -0.2) is 35.0 Å². The van der Waals surface area contributed by atoms with E-state index in [0.29, 0.717) is 19.3 Å². The smallest absolute Gasteiger partial charge is 0.326 e. The number of aliphatic carboxylic acids is 1. The molecule has 0 fully saturated rings. The zero-order valence-electron chi connectivity index (χ0n) is 10.3. The molecule has 0 aromatic carbocycles. The third kappa shape index (κ3) is 4.96. The topological polar surface area (TPSA) is 57.6 Å². The highest BCUT2D eigenvalue weighted by Gasteiger charge is 2.26. The number of hydrogen-bond donors (Lipinski definition) is 1. The Kier molecular flexibility index (Phi) is 6.46. The Bertz CT molecular complexity index is 261. The fourth-order valence-corrected chi connectivity index (χ4v) is 1.45. The number of carboxylic acids is 1. The summed E-state index contributed by atoms with van der Waals surface area (Å²) in [6.45, 7) is 7.42. The number of nitrogens with zero attached hydrogens (tertiary/aromatic N) is 1. The van der Waals surface area contributed by atoms with Gasteiger partial charge in [0.2, 0.25) is 5.91 Å². The highest BCUT2D eigenvalue weighted by Crippen LogP contribution is 2.12. The summed E-state index contributed by atoms with van der Waals surface area (Å²) in [5.41, 5.74) is 0. The van der Waals surface area contributed by atoms with Gasteiger partial charge in [0.1, 0.15) is 6.04 Å². The standard InChI is InChI=1S/C12H21NO3/c1-5-6-7-11(14)13(4)10(12(15)16)8-9(2)3/h5,9-10H,1,6-8H2,2-4H3,(H,15,16). The predicted octanol–water partition coefficient (Wildman–Crippen LogP) is 1.91. The van der Waals surface area contributed by atoms with Gasteiger partial charge in [0.05, 0.1) is 0 Å². The number of carboxylic acid groups (broad SMARTS) is 1. The Balaban J connectivity index is 4.47. The van der Waals surface area contributed by atoms with Crippen molar-refractivity contribution < 1.29 is 14.7 Å². The van der Waals surface area contributed by atoms with Crippen molar-refractivity contribution in [3.63, 3.8) is 0 Å². The van der Waals surface area contributed by atoms with E-state index in [-0.39, 0.29) is 11.8 Å². The molecule has 0 rings (SSSR count). The number of amides is 1. The first-order valence-corrected chi connectivity index (χ1v) is 5.49. The van der Waals surface area contributed by atoms with Crippen LogP contribution >= 0.6 is 0 Å². The zero-order chi connectivity index (χ0) is 12.7. The quantitative estimate of drug-likeness (QED) is 0.676. The van der Waals surface area contributed by atoms with E-state index < -0.39 is 12.0 Å². The molecule has 4 nitrogen and oxygen atoms in total. The number of rotatable bonds is 7. The summed E-state index contributed by atoms with van der Waals surface area (Å²) in [5.74, 6) is -0.841. The Morgan fingerprint density at radius 3 is 2.38 bits per heavy atom. The third-order valence-corrected chi connectivity index (χ3v) is 2.40. The molecule has 0 aromatic rings. The molecule has 0 aliphatic carbocycles. The van der Waals surface area contributed by atoms with E-state index in [4.69, 9.17) is 5.11 Å². The van der Waals surface area contributed by atoms with Gasteiger partial charge in [-0.2, -0.15) is 0 Å². The van der Waals surface area contributed by atoms with Crippen LogP contribution in [0.1, 0.15) is 33.1 Å². The van der Waals surface area contributed by atoms with E-state index in [0.717, 1.165) is 0 Å². The minimum absolute atomic E-state index is 0.145. The molecule has 0 aromatic heterocycles. The van der Waals surface area contributed by atoms with Gasteiger partial charge in [0.15, 0.2) is 0 Å². The second kappa shape index (κ2) is 7.04. The molecule has 1 unspecified atom stereocenters. The molecule has 0 saturated heterocycles. The summed E-state index contributed by atoms with van der Waals surface area (Å²) >= 11 is 0. The van der Waals surface area contributed by atoms with Crippen LogP contribution in [0, 0.1) is 5.92 Å². The second-order valence-corrected chi connectivity index (χ2v) is 4.32. The van der Waals surface area contributed by atoms with Crippen molar-refractivity contribution in [1.29, 1.82) is 0 Å². The first-order valence-electron chi connectivity index (χ1n) is 5.49. The first kappa shape index (κ1) is 14.7. The summed E-state index contributed by atoms with van der Waals surface area (Å²) in [4.78, 5) is 24.0. The molecule has 0 heterocycles. The molecule has 0 spiro atoms. The molecule has 4 heteroatoms. The maximum absolute atomic E-state index is 11.6. The normalized spacial score (nSPS) is 12.2. The number of likely N-dealkylation sites (N-methyl/N-ethyl adjacent to an activating group) is 1. The van der Waals surface area contributed by atoms with Crippen LogP contribution in [0.3, 0.4) is 0 Å². The summed E-state index contributed by atoms with van der Waals surface area (Å²) in [7, 11) is 1.55. The maximum atomic E-state index is 11.6. The van der Waals surface area contributed by atoms with Crippen molar-refractivity contribution in [2.24, 2.45) is 5.92 Å². The molecule has 16 heavy (non-hydrogen) atoms. The molecule has 0 saturated carbocycles. The van der Waals surface area contributed by atoms with Crippen molar-refractivity contribution in [1.82, 2.24) is 4.90 Å². The van der Waals surface area contributed by atoms with Gasteiger partial charge in [-0.05, 0) is 18.8 Å². The lowest BCUT2D eigenvalue weighted by atomic mass is 10.0. The van der Waals surface area contributed by atoms with E-state index in [1.54, 1.807) is 13.1 Å². The van der Waals surface area contributed by atoms with Crippen LogP contribution < -0.4 is 0 Å². The zero-order valence-corrected chi connectivity index (χ0v) is 10.3. The molecule has 1 atom stereocenters. The van der Waals surface area contributed by atoms with Gasteiger partial charge >= 0.3 is 5.97 Å². The minimum atomic E-state index is -0.942. The monoisotopic (exact) mass is 227 g/mol. The average Bonchev–Trinajstić information content (AvgIpc) is 2.20. The van der Waals surface area contributed by atoms with E-state index in [1.807, 2.05) is 13.8 Å². The molecular weight excluding hydrogens is 206 g/mol. The lowest BCUT2D eigenvalue weighted by Gasteiger charge is -2.26. The lowest BCUT2D eigenvalue weighted by molar-refractivity contribution is -0.149. The lowest BCUT2D eigenvalue weighted by Crippen LogP contribution is -2.43. The van der Waals surface area contributed by atoms with E-state index in [2.05, 4.69) is 6.58 Å². The fourth-order valence-electron chi connectivity index (χ4n) is 1.45. The molecule has 1 N–H and O–H groups in total. The molecular formula is C12H21NO3. The van der Waals surface area contributed by atoms with Gasteiger partial charge in [-0.3, -0.25) is 4.79 Å². The molecule has 0 aliphatic heterocycles. The SMILES string of the molecule is C=CCCC(=O)N(C)C(CC(C)C)C(=O)O. The van der Waals surface area contributed by atoms with Gasteiger partial charge in [-0.15, -0.1) is 6.58 Å². The average molecular weight is 227 g/mol. The van der Waals surface area contributed by atoms with Crippen LogP contribution in [0.4, 0.5) is 0 Å². The highest BCUT2D eigenvalue weighted by atomic mass is 16.4. The van der Waals surface area contributed by atoms with Crippen molar-refractivity contribution >= 4 is 11.9 Å². The maximum Gasteiger partial charge on any atom is 0.326 e. The first-order chi connectivity index (χ1) is 7.40. The molecule has 0 radical (unpaired) electrons. The Morgan fingerprint density at radius 2 is 2.00 bits per heavy atom. The molecule has 0 aliphatic rings. The Hall–Kier alpha value is -1.32. The summed E-state index contributed by atoms with van der Waals surface area (Å²) < 4.78 is 0. The van der Waals surface area contributed by atoms with Gasteiger partial charge in [0.25, 0.3) is 0 Å². The van der Waals surface area contributed by atoms with Crippen molar-refractivity contribution in [3.8, 4) is 0 Å². The van der Waals surface area contributed by atoms with Crippen LogP contribution in [0.2, 0.25) is 0 Å². The van der Waals surface area contributed by atoms with Gasteiger partial charge in [-0.25, -0.2) is 4.79 Å². The Morgan fingerprint density at radius 1 is 1.44 bits per heavy atom. The van der Waals surface area contributed by atoms with Crippen LogP contribution in [-0.2, 0) is 9.59 Å². The van der Waals surface area contributed by atoms with Crippen LogP contribution in [0.15, 0.2) is 12.7 Å². The summed E-state index contributed by atoms with van der Waals surface area (Å²) in [6.07, 6.45) is 3.04. The van der Waals surface area contributed by atoms with Crippen LogP contribution in [0.5, 0.6) is 0 Å². The van der Waals surface area contributed by atoms with Gasteiger partial charge in [-0.1, -0.05) is 19.9 Å². The van der Waals surface area contributed by atoms with E-state index in [9.17, 15) is 9.59 Å². The third-order valence-electron chi connectivity index (χ3n) is 2.40. The number of carbonyl (C=O) groups excluding carboxylic acids is 1. The molecule has 0 bridgehead atoms. The van der Waals surface area contributed by atoms with Crippen molar-refractivity contribution in [2.75, 3.05) is 7.05 Å². The van der Waals surface area contributed by atoms with Gasteiger partial charge < -0.3 is 10.0 Å². The summed E-state index contributed by atoms with van der Waals surface area (Å²) in [5, 5.41) is 9.05. The number of allylic oxidation sites excluding steroid dienone is 1. The minimum Gasteiger partial charge on any atom is -0.480 e.